The molecule has 16 heavy (non-hydrogen) atoms. The van der Waals surface area contributed by atoms with Crippen molar-refractivity contribution in [3.8, 4) is 0 Å². The first-order valence-corrected chi connectivity index (χ1v) is 8.58. The smallest absolute Gasteiger partial charge is 0.147 e. The third-order valence-electron chi connectivity index (χ3n) is 2.01. The van der Waals surface area contributed by atoms with Crippen LogP contribution in [0.4, 0.5) is 0 Å². The molecule has 1 aromatic heterocycles. The molecule has 1 N–H and O–H groups in total. The molecule has 0 aliphatic heterocycles. The topological polar surface area (TPSA) is 59.1 Å². The van der Waals surface area contributed by atoms with E-state index in [1.165, 1.54) is 6.26 Å². The number of thiazole rings is 1. The standard InChI is InChI=1S/C9H15BrN2O2S2/c1-7(9-12-6-8(10)15-9)11-4-3-5-16(2,13)14/h6-7,11H,3-5H2,1-2H3. The molecule has 1 unspecified atom stereocenters. The zero-order valence-corrected chi connectivity index (χ0v) is 12.5. The van der Waals surface area contributed by atoms with Crippen LogP contribution < -0.4 is 5.32 Å². The van der Waals surface area contributed by atoms with Crippen LogP contribution in [0.15, 0.2) is 9.98 Å². The number of sulfone groups is 1. The summed E-state index contributed by atoms with van der Waals surface area (Å²) in [5.74, 6) is 0.230. The monoisotopic (exact) mass is 326 g/mol. The molecular formula is C9H15BrN2O2S2. The summed E-state index contributed by atoms with van der Waals surface area (Å²) in [7, 11) is -2.84. The Kier molecular flexibility index (Phi) is 5.36. The molecule has 0 saturated carbocycles. The molecule has 0 bridgehead atoms. The van der Waals surface area contributed by atoms with Crippen LogP contribution in [0.5, 0.6) is 0 Å². The van der Waals surface area contributed by atoms with Crippen LogP contribution in [-0.2, 0) is 9.84 Å². The van der Waals surface area contributed by atoms with Gasteiger partial charge in [-0.05, 0) is 35.8 Å². The Hall–Kier alpha value is 0.0200. The average Bonchev–Trinajstić information content (AvgIpc) is 2.57. The Labute approximate surface area is 109 Å². The lowest BCUT2D eigenvalue weighted by atomic mass is 10.3. The van der Waals surface area contributed by atoms with Gasteiger partial charge in [0.1, 0.15) is 14.8 Å². The Morgan fingerprint density at radius 1 is 1.62 bits per heavy atom. The van der Waals surface area contributed by atoms with Gasteiger partial charge in [0.2, 0.25) is 0 Å². The van der Waals surface area contributed by atoms with Gasteiger partial charge in [-0.15, -0.1) is 11.3 Å². The van der Waals surface area contributed by atoms with E-state index in [1.54, 1.807) is 17.5 Å². The van der Waals surface area contributed by atoms with Crippen molar-refractivity contribution in [2.75, 3.05) is 18.6 Å². The van der Waals surface area contributed by atoms with Crippen molar-refractivity contribution < 1.29 is 8.42 Å². The first kappa shape index (κ1) is 14.1. The van der Waals surface area contributed by atoms with E-state index in [0.717, 1.165) is 8.79 Å². The van der Waals surface area contributed by atoms with E-state index in [-0.39, 0.29) is 11.8 Å². The van der Waals surface area contributed by atoms with Crippen molar-refractivity contribution in [3.63, 3.8) is 0 Å². The Balaban J connectivity index is 2.28. The molecule has 0 aromatic carbocycles. The van der Waals surface area contributed by atoms with Crippen molar-refractivity contribution in [2.45, 2.75) is 19.4 Å². The van der Waals surface area contributed by atoms with E-state index in [4.69, 9.17) is 0 Å². The fraction of sp³-hybridized carbons (Fsp3) is 0.667. The zero-order valence-electron chi connectivity index (χ0n) is 9.23. The van der Waals surface area contributed by atoms with Gasteiger partial charge in [-0.1, -0.05) is 0 Å². The first-order chi connectivity index (χ1) is 7.38. The Bertz CT molecular complexity index is 430. The van der Waals surface area contributed by atoms with Gasteiger partial charge in [-0.3, -0.25) is 0 Å². The number of nitrogens with one attached hydrogen (secondary N) is 1. The number of halogens is 1. The van der Waals surface area contributed by atoms with Crippen LogP contribution in [0, 0.1) is 0 Å². The molecule has 1 heterocycles. The van der Waals surface area contributed by atoms with Crippen molar-refractivity contribution in [2.24, 2.45) is 0 Å². The molecule has 0 radical (unpaired) electrons. The summed E-state index contributed by atoms with van der Waals surface area (Å²) in [4.78, 5) is 4.23. The first-order valence-electron chi connectivity index (χ1n) is 4.91. The molecule has 7 heteroatoms. The predicted octanol–water partition coefficient (Wildman–Crippen LogP) is 1.99. The lowest BCUT2D eigenvalue weighted by Crippen LogP contribution is -2.21. The normalized spacial score (nSPS) is 13.9. The minimum atomic E-state index is -2.84. The van der Waals surface area contributed by atoms with Crippen LogP contribution in [0.1, 0.15) is 24.4 Å². The summed E-state index contributed by atoms with van der Waals surface area (Å²) in [5, 5.41) is 4.25. The highest BCUT2D eigenvalue weighted by Crippen LogP contribution is 2.23. The van der Waals surface area contributed by atoms with E-state index in [0.29, 0.717) is 13.0 Å². The van der Waals surface area contributed by atoms with Crippen LogP contribution in [0.3, 0.4) is 0 Å². The van der Waals surface area contributed by atoms with E-state index in [1.807, 2.05) is 6.92 Å². The zero-order chi connectivity index (χ0) is 12.2. The van der Waals surface area contributed by atoms with Gasteiger partial charge in [0, 0.05) is 6.26 Å². The number of nitrogens with zero attached hydrogens (tertiary/aromatic N) is 1. The van der Waals surface area contributed by atoms with E-state index in [2.05, 4.69) is 26.2 Å². The van der Waals surface area contributed by atoms with Crippen LogP contribution in [0.25, 0.3) is 0 Å². The molecular weight excluding hydrogens is 312 g/mol. The fourth-order valence-corrected chi connectivity index (χ4v) is 3.15. The highest BCUT2D eigenvalue weighted by atomic mass is 79.9. The molecule has 0 fully saturated rings. The van der Waals surface area contributed by atoms with Crippen molar-refractivity contribution in [3.05, 3.63) is 15.0 Å². The van der Waals surface area contributed by atoms with Crippen LogP contribution in [0.2, 0.25) is 0 Å². The predicted molar refractivity (Wildman–Crippen MR) is 70.6 cm³/mol. The van der Waals surface area contributed by atoms with Gasteiger partial charge >= 0.3 is 0 Å². The Morgan fingerprint density at radius 2 is 2.31 bits per heavy atom. The molecule has 0 aliphatic carbocycles. The highest BCUT2D eigenvalue weighted by molar-refractivity contribution is 9.11. The molecule has 1 rings (SSSR count). The molecule has 92 valence electrons. The second kappa shape index (κ2) is 6.09. The number of hydrogen-bond acceptors (Lipinski definition) is 5. The van der Waals surface area contributed by atoms with Gasteiger partial charge < -0.3 is 5.32 Å². The van der Waals surface area contributed by atoms with Gasteiger partial charge in [0.15, 0.2) is 0 Å². The van der Waals surface area contributed by atoms with E-state index in [9.17, 15) is 8.42 Å². The molecule has 0 amide bonds. The summed E-state index contributed by atoms with van der Waals surface area (Å²) >= 11 is 4.94. The third kappa shape index (κ3) is 5.38. The van der Waals surface area contributed by atoms with E-state index < -0.39 is 9.84 Å². The third-order valence-corrected chi connectivity index (χ3v) is 4.70. The number of aromatic nitrogens is 1. The quantitative estimate of drug-likeness (QED) is 0.812. The van der Waals surface area contributed by atoms with Gasteiger partial charge in [0.25, 0.3) is 0 Å². The number of rotatable bonds is 6. The van der Waals surface area contributed by atoms with Crippen molar-refractivity contribution in [1.82, 2.24) is 10.3 Å². The average molecular weight is 327 g/mol. The summed E-state index contributed by atoms with van der Waals surface area (Å²) in [5.41, 5.74) is 0. The van der Waals surface area contributed by atoms with Gasteiger partial charge in [-0.25, -0.2) is 13.4 Å². The summed E-state index contributed by atoms with van der Waals surface area (Å²) < 4.78 is 22.8. The second-order valence-corrected chi connectivity index (χ2v) is 8.36. The second-order valence-electron chi connectivity index (χ2n) is 3.66. The van der Waals surface area contributed by atoms with Crippen LogP contribution in [-0.4, -0.2) is 32.0 Å². The van der Waals surface area contributed by atoms with E-state index >= 15 is 0 Å². The SMILES string of the molecule is CC(NCCCS(C)(=O)=O)c1ncc(Br)s1. The molecule has 1 atom stereocenters. The van der Waals surface area contributed by atoms with Crippen molar-refractivity contribution in [1.29, 1.82) is 0 Å². The summed E-state index contributed by atoms with van der Waals surface area (Å²) in [6, 6.07) is 0.163. The Morgan fingerprint density at radius 3 is 2.81 bits per heavy atom. The minimum Gasteiger partial charge on any atom is -0.308 e. The molecule has 0 aliphatic rings. The van der Waals surface area contributed by atoms with Crippen LogP contribution >= 0.6 is 27.3 Å². The van der Waals surface area contributed by atoms with Gasteiger partial charge in [-0.2, -0.15) is 0 Å². The lowest BCUT2D eigenvalue weighted by molar-refractivity contribution is 0.560. The molecule has 0 spiro atoms. The lowest BCUT2D eigenvalue weighted by Gasteiger charge is -2.10. The summed E-state index contributed by atoms with van der Waals surface area (Å²) in [6.45, 7) is 2.71. The minimum absolute atomic E-state index is 0.163. The highest BCUT2D eigenvalue weighted by Gasteiger charge is 2.09. The molecule has 4 nitrogen and oxygen atoms in total. The van der Waals surface area contributed by atoms with Crippen molar-refractivity contribution >= 4 is 37.1 Å². The largest absolute Gasteiger partial charge is 0.308 e. The maximum Gasteiger partial charge on any atom is 0.147 e. The maximum absolute atomic E-state index is 10.9. The fourth-order valence-electron chi connectivity index (χ4n) is 1.21. The molecule has 0 saturated heterocycles. The maximum atomic E-state index is 10.9. The summed E-state index contributed by atoms with van der Waals surface area (Å²) in [6.07, 6.45) is 3.67. The van der Waals surface area contributed by atoms with Gasteiger partial charge in [0.05, 0.1) is 21.8 Å². The number of hydrogen-bond donors (Lipinski definition) is 1. The molecule has 1 aromatic rings.